The molecule has 0 aliphatic rings. The van der Waals surface area contributed by atoms with Gasteiger partial charge in [0.05, 0.1) is 59.5 Å². The van der Waals surface area contributed by atoms with E-state index in [-0.39, 0.29) is 22.8 Å². The Hall–Kier alpha value is -8.11. The molecule has 69 heavy (non-hydrogen) atoms. The molecule has 0 fully saturated rings. The first-order valence-corrected chi connectivity index (χ1v) is 23.1. The zero-order valence-electron chi connectivity index (χ0n) is 37.8. The summed E-state index contributed by atoms with van der Waals surface area (Å²) < 4.78 is 39.6. The molecule has 0 amide bonds. The number of carbonyl (C=O) groups is 5. The molecular weight excluding hydrogens is 903 g/mol. The van der Waals surface area contributed by atoms with Gasteiger partial charge in [-0.2, -0.15) is 5.10 Å². The number of nitrogens with one attached hydrogen (secondary N) is 1. The van der Waals surface area contributed by atoms with Gasteiger partial charge in [0.25, 0.3) is 0 Å². The van der Waals surface area contributed by atoms with Gasteiger partial charge in [0.1, 0.15) is 28.7 Å². The van der Waals surface area contributed by atoms with Gasteiger partial charge in [-0.15, -0.1) is 0 Å². The molecule has 6 aromatic rings. The molecule has 0 saturated carbocycles. The van der Waals surface area contributed by atoms with E-state index < -0.39 is 29.8 Å². The second-order valence-corrected chi connectivity index (χ2v) is 16.1. The van der Waals surface area contributed by atoms with E-state index in [1.807, 2.05) is 24.3 Å². The second kappa shape index (κ2) is 26.9. The van der Waals surface area contributed by atoms with Gasteiger partial charge in [0, 0.05) is 17.7 Å². The Bertz CT molecular complexity index is 2680. The number of aromatic nitrogens is 1. The highest BCUT2D eigenvalue weighted by Crippen LogP contribution is 2.28. The molecule has 0 radical (unpaired) electrons. The van der Waals surface area contributed by atoms with Crippen LogP contribution in [0.4, 0.5) is 5.13 Å². The molecule has 0 aliphatic heterocycles. The van der Waals surface area contributed by atoms with Gasteiger partial charge in [-0.1, -0.05) is 36.6 Å². The molecule has 5 aromatic carbocycles. The Kier molecular flexibility index (Phi) is 19.6. The van der Waals surface area contributed by atoms with Crippen molar-refractivity contribution in [1.29, 1.82) is 0 Å². The van der Waals surface area contributed by atoms with E-state index in [0.29, 0.717) is 59.7 Å². The molecule has 356 valence electrons. The van der Waals surface area contributed by atoms with Crippen molar-refractivity contribution in [3.8, 4) is 28.7 Å². The van der Waals surface area contributed by atoms with Crippen molar-refractivity contribution < 1.29 is 57.1 Å². The molecule has 6 rings (SSSR count). The number of hydrogen-bond acceptors (Lipinski definition) is 16. The fraction of sp³-hybridized carbons (Fsp3) is 0.226. The van der Waals surface area contributed by atoms with Crippen LogP contribution >= 0.6 is 11.3 Å². The van der Waals surface area contributed by atoms with Crippen molar-refractivity contribution in [3.63, 3.8) is 0 Å². The van der Waals surface area contributed by atoms with E-state index in [0.717, 1.165) is 73.7 Å². The van der Waals surface area contributed by atoms with Crippen LogP contribution in [0.3, 0.4) is 0 Å². The van der Waals surface area contributed by atoms with Crippen LogP contribution in [0.25, 0.3) is 10.2 Å². The monoisotopic (exact) mass is 953 g/mol. The lowest BCUT2D eigenvalue weighted by Gasteiger charge is -2.11. The summed E-state index contributed by atoms with van der Waals surface area (Å²) in [6, 6.07) is 31.3. The van der Waals surface area contributed by atoms with Crippen molar-refractivity contribution in [3.05, 3.63) is 163 Å². The van der Waals surface area contributed by atoms with Gasteiger partial charge in [-0.05, 0) is 154 Å². The van der Waals surface area contributed by atoms with Gasteiger partial charge in [-0.25, -0.2) is 29.0 Å². The third-order valence-corrected chi connectivity index (χ3v) is 10.9. The average molecular weight is 954 g/mol. The highest BCUT2D eigenvalue weighted by atomic mass is 32.1. The van der Waals surface area contributed by atoms with Crippen LogP contribution in [0.2, 0.25) is 0 Å². The van der Waals surface area contributed by atoms with Gasteiger partial charge < -0.3 is 33.2 Å². The molecule has 16 heteroatoms. The normalized spacial score (nSPS) is 10.8. The summed E-state index contributed by atoms with van der Waals surface area (Å²) in [5, 5.41) is 4.87. The number of thiazole rings is 1. The quantitative estimate of drug-likeness (QED) is 0.0128. The fourth-order valence-electron chi connectivity index (χ4n) is 6.34. The Morgan fingerprint density at radius 1 is 0.536 bits per heavy atom. The summed E-state index contributed by atoms with van der Waals surface area (Å²) in [6.07, 6.45) is 10.5. The number of ether oxygens (including phenoxy) is 7. The minimum Gasteiger partial charge on any atom is -0.494 e. The number of esters is 5. The average Bonchev–Trinajstić information content (AvgIpc) is 3.79. The molecule has 0 saturated heterocycles. The van der Waals surface area contributed by atoms with Gasteiger partial charge in [-0.3, -0.25) is 5.43 Å². The lowest BCUT2D eigenvalue weighted by atomic mass is 10.2. The van der Waals surface area contributed by atoms with Gasteiger partial charge in [0.15, 0.2) is 0 Å². The summed E-state index contributed by atoms with van der Waals surface area (Å²) in [4.78, 5) is 66.3. The molecule has 1 heterocycles. The first-order chi connectivity index (χ1) is 33.7. The van der Waals surface area contributed by atoms with Crippen LogP contribution in [0.5, 0.6) is 28.7 Å². The van der Waals surface area contributed by atoms with Crippen LogP contribution in [-0.2, 0) is 19.1 Å². The van der Waals surface area contributed by atoms with E-state index in [9.17, 15) is 24.0 Å². The summed E-state index contributed by atoms with van der Waals surface area (Å²) in [6.45, 7) is 8.46. The number of para-hydroxylation sites is 1. The van der Waals surface area contributed by atoms with Crippen LogP contribution in [0, 0.1) is 0 Å². The number of nitrogens with zero attached hydrogens (tertiary/aromatic N) is 2. The second-order valence-electron chi connectivity index (χ2n) is 15.1. The van der Waals surface area contributed by atoms with E-state index in [2.05, 4.69) is 28.7 Å². The Morgan fingerprint density at radius 2 is 1.00 bits per heavy atom. The Morgan fingerprint density at radius 3 is 1.52 bits per heavy atom. The third kappa shape index (κ3) is 16.6. The number of benzene rings is 5. The molecular formula is C53H51N3O12S. The van der Waals surface area contributed by atoms with E-state index >= 15 is 0 Å². The van der Waals surface area contributed by atoms with Crippen molar-refractivity contribution in [2.75, 3.05) is 31.9 Å². The highest BCUT2D eigenvalue weighted by molar-refractivity contribution is 7.22. The minimum absolute atomic E-state index is 0.124. The van der Waals surface area contributed by atoms with Gasteiger partial charge >= 0.3 is 29.8 Å². The topological polar surface area (TPSA) is 187 Å². The van der Waals surface area contributed by atoms with E-state index in [1.54, 1.807) is 48.5 Å². The lowest BCUT2D eigenvalue weighted by molar-refractivity contribution is -0.138. The number of fused-ring (bicyclic) bond motifs is 1. The number of carbonyl (C=O) groups excluding carboxylic acids is 5. The van der Waals surface area contributed by atoms with Crippen molar-refractivity contribution in [1.82, 2.24) is 4.98 Å². The molecule has 15 nitrogen and oxygen atoms in total. The molecule has 0 aliphatic carbocycles. The number of rotatable bonds is 27. The maximum Gasteiger partial charge on any atom is 0.343 e. The number of hydrazone groups is 1. The number of anilines is 1. The third-order valence-electron chi connectivity index (χ3n) is 9.97. The van der Waals surface area contributed by atoms with E-state index in [1.165, 1.54) is 60.0 Å². The first kappa shape index (κ1) is 50.3. The highest BCUT2D eigenvalue weighted by Gasteiger charge is 2.17. The Labute approximate surface area is 403 Å². The van der Waals surface area contributed by atoms with Crippen LogP contribution < -0.4 is 29.1 Å². The van der Waals surface area contributed by atoms with Crippen molar-refractivity contribution in [2.45, 2.75) is 51.4 Å². The van der Waals surface area contributed by atoms with Crippen LogP contribution in [0.1, 0.15) is 88.0 Å². The summed E-state index contributed by atoms with van der Waals surface area (Å²) in [5.41, 5.74) is 4.81. The first-order valence-electron chi connectivity index (χ1n) is 22.3. The summed E-state index contributed by atoms with van der Waals surface area (Å²) >= 11 is 1.41. The smallest absolute Gasteiger partial charge is 0.343 e. The minimum atomic E-state index is -0.704. The molecule has 0 bridgehead atoms. The molecule has 0 unspecified atom stereocenters. The maximum atomic E-state index is 13.4. The van der Waals surface area contributed by atoms with Crippen LogP contribution in [0.15, 0.2) is 146 Å². The fourth-order valence-corrected chi connectivity index (χ4v) is 7.16. The maximum absolute atomic E-state index is 13.4. The predicted molar refractivity (Wildman–Crippen MR) is 262 cm³/mol. The summed E-state index contributed by atoms with van der Waals surface area (Å²) in [7, 11) is 0. The van der Waals surface area contributed by atoms with Crippen molar-refractivity contribution >= 4 is 62.7 Å². The predicted octanol–water partition coefficient (Wildman–Crippen LogP) is 10.7. The largest absolute Gasteiger partial charge is 0.494 e. The molecule has 0 atom stereocenters. The standard InChI is InChI=1S/C53H51N3O12S/c1-3-48(57)64-33-13-7-5-11-31-62-41-23-17-37(18-24-41)50(59)66-43-27-21-39(22-28-43)52(61)68-46-30-29-44(35-40(46)36-54-56-53-55-45-15-9-10-16-47(45)69-53)67-51(60)38-19-25-42(26-20-38)63-32-12-6-8-14-34-65-49(58)4-2/h3-4,9-10,15-30,35-36H,1-2,5-8,11-14,31-34H2,(H,55,56)/b54-36+. The van der Waals surface area contributed by atoms with E-state index in [4.69, 9.17) is 33.2 Å². The number of unbranched alkanes of at least 4 members (excludes halogenated alkanes) is 6. The van der Waals surface area contributed by atoms with Gasteiger partial charge in [0.2, 0.25) is 5.13 Å². The summed E-state index contributed by atoms with van der Waals surface area (Å²) in [5.74, 6) is -1.04. The van der Waals surface area contributed by atoms with Crippen LogP contribution in [-0.4, -0.2) is 67.5 Å². The molecule has 0 spiro atoms. The molecule has 1 aromatic heterocycles. The zero-order chi connectivity index (χ0) is 48.6. The lowest BCUT2D eigenvalue weighted by Crippen LogP contribution is -2.12. The SMILES string of the molecule is C=CC(=O)OCCCCCCOc1ccc(C(=O)Oc2ccc(C(=O)Oc3ccc(OC(=O)c4ccc(OCCCCCCOC(=O)C=C)cc4)cc3/C=N/Nc3nc4ccccc4s3)cc2)cc1. The molecule has 1 N–H and O–H groups in total. The Balaban J connectivity index is 1.01. The number of hydrogen-bond donors (Lipinski definition) is 1. The zero-order valence-corrected chi connectivity index (χ0v) is 38.6. The van der Waals surface area contributed by atoms with Crippen molar-refractivity contribution in [2.24, 2.45) is 5.10 Å².